The van der Waals surface area contributed by atoms with Crippen LogP contribution in [0.3, 0.4) is 0 Å². The van der Waals surface area contributed by atoms with E-state index < -0.39 is 0 Å². The fraction of sp³-hybridized carbons (Fsp3) is 0.250. The number of carbonyl (C=O) groups excluding carboxylic acids is 1. The van der Waals surface area contributed by atoms with Crippen molar-refractivity contribution in [2.45, 2.75) is 19.9 Å². The van der Waals surface area contributed by atoms with Gasteiger partial charge in [-0.15, -0.1) is 0 Å². The largest absolute Gasteiger partial charge is 0.491 e. The highest BCUT2D eigenvalue weighted by Crippen LogP contribution is 2.37. The van der Waals surface area contributed by atoms with Crippen molar-refractivity contribution in [2.75, 3.05) is 14.2 Å². The lowest BCUT2D eigenvalue weighted by Crippen LogP contribution is -2.24. The normalized spacial score (nSPS) is 16.1. The van der Waals surface area contributed by atoms with Crippen molar-refractivity contribution in [3.05, 3.63) is 60.1 Å². The van der Waals surface area contributed by atoms with E-state index >= 15 is 0 Å². The van der Waals surface area contributed by atoms with E-state index in [1.807, 2.05) is 38.1 Å². The van der Waals surface area contributed by atoms with Gasteiger partial charge in [-0.3, -0.25) is 4.79 Å². The van der Waals surface area contributed by atoms with E-state index in [2.05, 4.69) is 11.6 Å². The fourth-order valence-corrected chi connectivity index (χ4v) is 3.09. The molecular formula is C20H21N3O3. The number of aromatic nitrogens is 2. The van der Waals surface area contributed by atoms with E-state index in [1.165, 1.54) is 7.11 Å². The Bertz CT molecular complexity index is 905. The predicted molar refractivity (Wildman–Crippen MR) is 99.1 cm³/mol. The van der Waals surface area contributed by atoms with Gasteiger partial charge in [0, 0.05) is 17.5 Å². The number of carbonyl (C=O) groups is 1. The number of hydrogen-bond donors (Lipinski definition) is 0. The van der Waals surface area contributed by atoms with Gasteiger partial charge in [0.1, 0.15) is 0 Å². The first-order chi connectivity index (χ1) is 12.5. The highest BCUT2D eigenvalue weighted by atomic mass is 16.5. The van der Waals surface area contributed by atoms with Crippen molar-refractivity contribution in [1.29, 1.82) is 0 Å². The smallest absolute Gasteiger partial charge is 0.260 e. The molecule has 3 heterocycles. The summed E-state index contributed by atoms with van der Waals surface area (Å²) in [5.41, 5.74) is 3.48. The van der Waals surface area contributed by atoms with E-state index in [-0.39, 0.29) is 11.9 Å². The van der Waals surface area contributed by atoms with E-state index in [1.54, 1.807) is 24.3 Å². The minimum Gasteiger partial charge on any atom is -0.491 e. The van der Waals surface area contributed by atoms with Gasteiger partial charge in [0.05, 0.1) is 37.2 Å². The zero-order valence-corrected chi connectivity index (χ0v) is 15.3. The number of methoxy groups -OCH3 is 2. The molecule has 0 spiro atoms. The summed E-state index contributed by atoms with van der Waals surface area (Å²) in [6.07, 6.45) is 5.35. The van der Waals surface area contributed by atoms with Gasteiger partial charge in [0.15, 0.2) is 5.75 Å². The van der Waals surface area contributed by atoms with Crippen molar-refractivity contribution in [3.8, 4) is 22.9 Å². The Labute approximate surface area is 152 Å². The monoisotopic (exact) mass is 351 g/mol. The van der Waals surface area contributed by atoms with Gasteiger partial charge in [-0.2, -0.15) is 0 Å². The molecule has 1 aliphatic rings. The van der Waals surface area contributed by atoms with E-state index in [9.17, 15) is 4.79 Å². The van der Waals surface area contributed by atoms with Gasteiger partial charge in [0.25, 0.3) is 11.8 Å². The van der Waals surface area contributed by atoms with Crippen LogP contribution in [0, 0.1) is 0 Å². The Hall–Kier alpha value is -3.15. The van der Waals surface area contributed by atoms with Crippen molar-refractivity contribution in [2.24, 2.45) is 0 Å². The van der Waals surface area contributed by atoms with Gasteiger partial charge < -0.3 is 14.4 Å². The van der Waals surface area contributed by atoms with Crippen LogP contribution in [0.25, 0.3) is 11.3 Å². The third-order valence-electron chi connectivity index (χ3n) is 4.35. The predicted octanol–water partition coefficient (Wildman–Crippen LogP) is 3.77. The van der Waals surface area contributed by atoms with Crippen molar-refractivity contribution >= 4 is 5.91 Å². The summed E-state index contributed by atoms with van der Waals surface area (Å²) < 4.78 is 10.5. The quantitative estimate of drug-likeness (QED) is 0.767. The first-order valence-corrected chi connectivity index (χ1v) is 8.26. The minimum atomic E-state index is -0.186. The van der Waals surface area contributed by atoms with Crippen molar-refractivity contribution < 1.29 is 14.3 Å². The second kappa shape index (κ2) is 7.00. The summed E-state index contributed by atoms with van der Waals surface area (Å²) in [6.45, 7) is 7.82. The Kier molecular flexibility index (Phi) is 4.75. The molecule has 1 unspecified atom stereocenters. The molecule has 2 aromatic rings. The van der Waals surface area contributed by atoms with Gasteiger partial charge in [-0.1, -0.05) is 12.7 Å². The van der Waals surface area contributed by atoms with Crippen LogP contribution in [0.4, 0.5) is 0 Å². The fourth-order valence-electron chi connectivity index (χ4n) is 3.09. The Morgan fingerprint density at radius 2 is 2.08 bits per heavy atom. The SMILES string of the molecule is C=C(/C=C\C)N1C(=O)c2ccc(-c3cnc(OC)c(OC)c3)nc2C1C. The van der Waals surface area contributed by atoms with Gasteiger partial charge in [-0.25, -0.2) is 9.97 Å². The van der Waals surface area contributed by atoms with Crippen LogP contribution in [-0.2, 0) is 0 Å². The molecule has 6 heteroatoms. The maximum Gasteiger partial charge on any atom is 0.260 e. The molecular weight excluding hydrogens is 330 g/mol. The van der Waals surface area contributed by atoms with Crippen LogP contribution in [0.2, 0.25) is 0 Å². The zero-order valence-electron chi connectivity index (χ0n) is 15.3. The molecule has 26 heavy (non-hydrogen) atoms. The lowest BCUT2D eigenvalue weighted by atomic mass is 10.1. The maximum absolute atomic E-state index is 12.7. The van der Waals surface area contributed by atoms with E-state index in [4.69, 9.17) is 14.5 Å². The number of fused-ring (bicyclic) bond motifs is 1. The molecule has 0 saturated heterocycles. The number of ether oxygens (including phenoxy) is 2. The highest BCUT2D eigenvalue weighted by Gasteiger charge is 2.36. The average molecular weight is 351 g/mol. The summed E-state index contributed by atoms with van der Waals surface area (Å²) in [6, 6.07) is 5.25. The summed E-state index contributed by atoms with van der Waals surface area (Å²) in [5, 5.41) is 0. The lowest BCUT2D eigenvalue weighted by molar-refractivity contribution is 0.0802. The first-order valence-electron chi connectivity index (χ1n) is 8.26. The second-order valence-electron chi connectivity index (χ2n) is 5.91. The minimum absolute atomic E-state index is 0.0833. The van der Waals surface area contributed by atoms with Crippen LogP contribution in [0.5, 0.6) is 11.6 Å². The molecule has 3 rings (SSSR count). The van der Waals surface area contributed by atoms with Crippen molar-refractivity contribution in [3.63, 3.8) is 0 Å². The first kappa shape index (κ1) is 17.7. The van der Waals surface area contributed by atoms with Crippen LogP contribution in [0.15, 0.2) is 48.8 Å². The standard InChI is InChI=1S/C20H21N3O3/c1-6-7-12(2)23-13(3)18-15(20(23)24)8-9-16(22-18)14-10-17(25-4)19(26-5)21-11-14/h6-11,13H,2H2,1,3-5H3/b7-6-. The molecule has 0 saturated carbocycles. The molecule has 0 aliphatic carbocycles. The molecule has 2 aromatic heterocycles. The number of amides is 1. The summed E-state index contributed by atoms with van der Waals surface area (Å²) in [7, 11) is 3.10. The van der Waals surface area contributed by atoms with Crippen LogP contribution in [-0.4, -0.2) is 35.0 Å². The molecule has 6 nitrogen and oxygen atoms in total. The Morgan fingerprint density at radius 3 is 2.73 bits per heavy atom. The molecule has 1 atom stereocenters. The molecule has 0 N–H and O–H groups in total. The molecule has 0 aromatic carbocycles. The molecule has 0 fully saturated rings. The number of rotatable bonds is 5. The summed E-state index contributed by atoms with van der Waals surface area (Å²) in [4.78, 5) is 23.3. The van der Waals surface area contributed by atoms with Gasteiger partial charge >= 0.3 is 0 Å². The maximum atomic E-state index is 12.7. The zero-order chi connectivity index (χ0) is 18.8. The Balaban J connectivity index is 2.02. The second-order valence-corrected chi connectivity index (χ2v) is 5.91. The molecule has 1 amide bonds. The molecule has 134 valence electrons. The third kappa shape index (κ3) is 2.83. The molecule has 0 bridgehead atoms. The topological polar surface area (TPSA) is 64.6 Å². The molecule has 0 radical (unpaired) electrons. The number of pyridine rings is 2. The third-order valence-corrected chi connectivity index (χ3v) is 4.35. The van der Waals surface area contributed by atoms with Crippen molar-refractivity contribution in [1.82, 2.24) is 14.9 Å². The summed E-state index contributed by atoms with van der Waals surface area (Å²) in [5.74, 6) is 0.856. The number of nitrogens with zero attached hydrogens (tertiary/aromatic N) is 3. The average Bonchev–Trinajstić information content (AvgIpc) is 2.91. The van der Waals surface area contributed by atoms with E-state index in [0.717, 1.165) is 17.0 Å². The van der Waals surface area contributed by atoms with Crippen LogP contribution >= 0.6 is 0 Å². The summed E-state index contributed by atoms with van der Waals surface area (Å²) >= 11 is 0. The van der Waals surface area contributed by atoms with Crippen LogP contribution in [0.1, 0.15) is 35.9 Å². The van der Waals surface area contributed by atoms with Gasteiger partial charge in [0.2, 0.25) is 0 Å². The lowest BCUT2D eigenvalue weighted by Gasteiger charge is -2.21. The van der Waals surface area contributed by atoms with E-state index in [0.29, 0.717) is 22.9 Å². The van der Waals surface area contributed by atoms with Gasteiger partial charge in [-0.05, 0) is 38.1 Å². The number of allylic oxidation sites excluding steroid dienone is 2. The highest BCUT2D eigenvalue weighted by molar-refractivity contribution is 6.00. The molecule has 1 aliphatic heterocycles. The van der Waals surface area contributed by atoms with Crippen LogP contribution < -0.4 is 9.47 Å². The number of hydrogen-bond acceptors (Lipinski definition) is 5. The Morgan fingerprint density at radius 1 is 1.31 bits per heavy atom.